The SMILES string of the molecule is CC1(C(=O)Nc2cccc(/C=C/C(=O)O)n2)CCCCC1. The van der Waals surface area contributed by atoms with Crippen LogP contribution in [0.25, 0.3) is 6.08 Å². The molecular weight excluding hydrogens is 268 g/mol. The minimum atomic E-state index is -1.03. The van der Waals surface area contributed by atoms with E-state index in [1.165, 1.54) is 12.5 Å². The second-order valence-electron chi connectivity index (χ2n) is 5.69. The Kier molecular flexibility index (Phi) is 4.73. The van der Waals surface area contributed by atoms with E-state index in [4.69, 9.17) is 5.11 Å². The van der Waals surface area contributed by atoms with Crippen LogP contribution in [-0.4, -0.2) is 22.0 Å². The molecule has 112 valence electrons. The van der Waals surface area contributed by atoms with Crippen LogP contribution in [0.15, 0.2) is 24.3 Å². The second kappa shape index (κ2) is 6.52. The smallest absolute Gasteiger partial charge is 0.328 e. The number of carbonyl (C=O) groups excluding carboxylic acids is 1. The minimum absolute atomic E-state index is 0.00550. The lowest BCUT2D eigenvalue weighted by atomic mass is 9.75. The summed E-state index contributed by atoms with van der Waals surface area (Å²) in [7, 11) is 0. The molecule has 0 unspecified atom stereocenters. The number of carbonyl (C=O) groups is 2. The number of rotatable bonds is 4. The molecule has 1 heterocycles. The van der Waals surface area contributed by atoms with E-state index in [0.29, 0.717) is 11.5 Å². The number of nitrogens with one attached hydrogen (secondary N) is 1. The summed E-state index contributed by atoms with van der Waals surface area (Å²) in [4.78, 5) is 27.1. The molecule has 1 aromatic rings. The van der Waals surface area contributed by atoms with Crippen molar-refractivity contribution in [1.29, 1.82) is 0 Å². The van der Waals surface area contributed by atoms with E-state index in [1.807, 2.05) is 6.92 Å². The third kappa shape index (κ3) is 4.15. The molecule has 0 bridgehead atoms. The van der Waals surface area contributed by atoms with Crippen LogP contribution >= 0.6 is 0 Å². The van der Waals surface area contributed by atoms with Gasteiger partial charge in [0.1, 0.15) is 5.82 Å². The number of hydrogen-bond acceptors (Lipinski definition) is 3. The zero-order chi connectivity index (χ0) is 15.3. The van der Waals surface area contributed by atoms with Crippen LogP contribution in [0.5, 0.6) is 0 Å². The van der Waals surface area contributed by atoms with E-state index in [2.05, 4.69) is 10.3 Å². The zero-order valence-corrected chi connectivity index (χ0v) is 12.1. The molecule has 0 spiro atoms. The van der Waals surface area contributed by atoms with E-state index in [9.17, 15) is 9.59 Å². The van der Waals surface area contributed by atoms with Gasteiger partial charge in [0.05, 0.1) is 5.69 Å². The Morgan fingerprint density at radius 3 is 2.67 bits per heavy atom. The summed E-state index contributed by atoms with van der Waals surface area (Å²) < 4.78 is 0. The number of hydrogen-bond donors (Lipinski definition) is 2. The van der Waals surface area contributed by atoms with E-state index in [0.717, 1.165) is 31.8 Å². The summed E-state index contributed by atoms with van der Waals surface area (Å²) in [6, 6.07) is 5.15. The number of amides is 1. The Bertz CT molecular complexity index is 560. The quantitative estimate of drug-likeness (QED) is 0.834. The van der Waals surface area contributed by atoms with Gasteiger partial charge in [0.25, 0.3) is 0 Å². The maximum absolute atomic E-state index is 12.4. The van der Waals surface area contributed by atoms with Crippen molar-refractivity contribution in [2.45, 2.75) is 39.0 Å². The first kappa shape index (κ1) is 15.2. The van der Waals surface area contributed by atoms with Gasteiger partial charge in [-0.2, -0.15) is 0 Å². The molecule has 2 rings (SSSR count). The highest BCUT2D eigenvalue weighted by Crippen LogP contribution is 2.36. The zero-order valence-electron chi connectivity index (χ0n) is 12.1. The Morgan fingerprint density at radius 2 is 2.00 bits per heavy atom. The predicted octanol–water partition coefficient (Wildman–Crippen LogP) is 3.09. The first-order chi connectivity index (χ1) is 9.99. The first-order valence-corrected chi connectivity index (χ1v) is 7.19. The number of carboxylic acid groups (broad SMARTS) is 1. The molecule has 5 nitrogen and oxygen atoms in total. The molecule has 0 radical (unpaired) electrons. The molecule has 1 aromatic heterocycles. The average Bonchev–Trinajstić information content (AvgIpc) is 2.46. The number of aliphatic carboxylic acids is 1. The molecule has 2 N–H and O–H groups in total. The Labute approximate surface area is 124 Å². The normalized spacial score (nSPS) is 17.6. The lowest BCUT2D eigenvalue weighted by molar-refractivity contribution is -0.131. The topological polar surface area (TPSA) is 79.3 Å². The van der Waals surface area contributed by atoms with Crippen LogP contribution in [0.4, 0.5) is 5.82 Å². The molecule has 0 atom stereocenters. The van der Waals surface area contributed by atoms with Gasteiger partial charge >= 0.3 is 5.97 Å². The van der Waals surface area contributed by atoms with Gasteiger partial charge in [0.15, 0.2) is 0 Å². The maximum Gasteiger partial charge on any atom is 0.328 e. The van der Waals surface area contributed by atoms with Crippen LogP contribution in [0, 0.1) is 5.41 Å². The lowest BCUT2D eigenvalue weighted by Crippen LogP contribution is -2.35. The van der Waals surface area contributed by atoms with Crippen molar-refractivity contribution in [3.05, 3.63) is 30.0 Å². The lowest BCUT2D eigenvalue weighted by Gasteiger charge is -2.31. The van der Waals surface area contributed by atoms with Gasteiger partial charge in [-0.1, -0.05) is 32.3 Å². The van der Waals surface area contributed by atoms with Crippen LogP contribution in [0.2, 0.25) is 0 Å². The molecule has 0 aromatic carbocycles. The minimum Gasteiger partial charge on any atom is -0.478 e. The molecule has 5 heteroatoms. The fourth-order valence-electron chi connectivity index (χ4n) is 2.60. The number of aromatic nitrogens is 1. The van der Waals surface area contributed by atoms with Crippen LogP contribution in [0.1, 0.15) is 44.7 Å². The number of nitrogens with zero attached hydrogens (tertiary/aromatic N) is 1. The Hall–Kier alpha value is -2.17. The Morgan fingerprint density at radius 1 is 1.29 bits per heavy atom. The van der Waals surface area contributed by atoms with Crippen molar-refractivity contribution in [2.24, 2.45) is 5.41 Å². The summed E-state index contributed by atoms with van der Waals surface area (Å²) in [6.45, 7) is 2.00. The van der Waals surface area contributed by atoms with E-state index in [-0.39, 0.29) is 11.3 Å². The van der Waals surface area contributed by atoms with Gasteiger partial charge < -0.3 is 10.4 Å². The summed E-state index contributed by atoms with van der Waals surface area (Å²) in [5.74, 6) is -0.575. The van der Waals surface area contributed by atoms with Crippen molar-refractivity contribution in [2.75, 3.05) is 5.32 Å². The summed E-state index contributed by atoms with van der Waals surface area (Å²) >= 11 is 0. The maximum atomic E-state index is 12.4. The summed E-state index contributed by atoms with van der Waals surface area (Å²) in [5, 5.41) is 11.5. The van der Waals surface area contributed by atoms with Gasteiger partial charge in [-0.05, 0) is 31.1 Å². The summed E-state index contributed by atoms with van der Waals surface area (Å²) in [5.41, 5.74) is 0.177. The van der Waals surface area contributed by atoms with Crippen LogP contribution < -0.4 is 5.32 Å². The van der Waals surface area contributed by atoms with Crippen molar-refractivity contribution in [3.8, 4) is 0 Å². The fraction of sp³-hybridized carbons (Fsp3) is 0.438. The molecule has 0 aliphatic heterocycles. The van der Waals surface area contributed by atoms with Gasteiger partial charge in [0, 0.05) is 11.5 Å². The molecule has 0 saturated heterocycles. The van der Waals surface area contributed by atoms with Crippen LogP contribution in [0.3, 0.4) is 0 Å². The number of carboxylic acids is 1. The van der Waals surface area contributed by atoms with Gasteiger partial charge in [-0.3, -0.25) is 4.79 Å². The third-order valence-electron chi connectivity index (χ3n) is 3.91. The van der Waals surface area contributed by atoms with Crippen molar-refractivity contribution in [1.82, 2.24) is 4.98 Å². The number of pyridine rings is 1. The highest BCUT2D eigenvalue weighted by molar-refractivity contribution is 5.94. The highest BCUT2D eigenvalue weighted by Gasteiger charge is 2.34. The fourth-order valence-corrected chi connectivity index (χ4v) is 2.60. The molecule has 1 aliphatic carbocycles. The highest BCUT2D eigenvalue weighted by atomic mass is 16.4. The van der Waals surface area contributed by atoms with Crippen molar-refractivity contribution >= 4 is 23.8 Å². The molecule has 1 amide bonds. The molecule has 1 saturated carbocycles. The second-order valence-corrected chi connectivity index (χ2v) is 5.69. The monoisotopic (exact) mass is 288 g/mol. The largest absolute Gasteiger partial charge is 0.478 e. The molecule has 1 fully saturated rings. The average molecular weight is 288 g/mol. The third-order valence-corrected chi connectivity index (χ3v) is 3.91. The van der Waals surface area contributed by atoms with Crippen molar-refractivity contribution in [3.63, 3.8) is 0 Å². The van der Waals surface area contributed by atoms with E-state index >= 15 is 0 Å². The first-order valence-electron chi connectivity index (χ1n) is 7.19. The van der Waals surface area contributed by atoms with Crippen LogP contribution in [-0.2, 0) is 9.59 Å². The van der Waals surface area contributed by atoms with E-state index < -0.39 is 5.97 Å². The van der Waals surface area contributed by atoms with Crippen molar-refractivity contribution < 1.29 is 14.7 Å². The summed E-state index contributed by atoms with van der Waals surface area (Å²) in [6.07, 6.45) is 7.58. The molecule has 1 aliphatic rings. The van der Waals surface area contributed by atoms with Gasteiger partial charge in [-0.15, -0.1) is 0 Å². The predicted molar refractivity (Wildman–Crippen MR) is 80.7 cm³/mol. The number of anilines is 1. The Balaban J connectivity index is 2.07. The molecule has 21 heavy (non-hydrogen) atoms. The molecular formula is C16H20N2O3. The van der Waals surface area contributed by atoms with Gasteiger partial charge in [-0.25, -0.2) is 9.78 Å². The van der Waals surface area contributed by atoms with E-state index in [1.54, 1.807) is 18.2 Å². The standard InChI is InChI=1S/C16H20N2O3/c1-16(10-3-2-4-11-16)15(21)18-13-7-5-6-12(17-13)8-9-14(19)20/h5-9H,2-4,10-11H2,1H3,(H,19,20)(H,17,18,21)/b9-8+. The van der Waals surface area contributed by atoms with Gasteiger partial charge in [0.2, 0.25) is 5.91 Å².